The molecule has 1 saturated heterocycles. The van der Waals surface area contributed by atoms with E-state index in [2.05, 4.69) is 53.6 Å². The first kappa shape index (κ1) is 22.1. The van der Waals surface area contributed by atoms with Gasteiger partial charge in [-0.05, 0) is 11.8 Å². The summed E-state index contributed by atoms with van der Waals surface area (Å²) in [5, 5.41) is 10.2. The smallest absolute Gasteiger partial charge is 0.191 e. The predicted octanol–water partition coefficient (Wildman–Crippen LogP) is 3.07. The van der Waals surface area contributed by atoms with E-state index in [9.17, 15) is 0 Å². The van der Waals surface area contributed by atoms with Crippen molar-refractivity contribution in [2.75, 3.05) is 39.9 Å². The van der Waals surface area contributed by atoms with Crippen LogP contribution in [0.25, 0.3) is 0 Å². The second-order valence-electron chi connectivity index (χ2n) is 7.42. The number of hydrogen-bond acceptors (Lipinski definition) is 5. The summed E-state index contributed by atoms with van der Waals surface area (Å²) in [5.74, 6) is 2.00. The summed E-state index contributed by atoms with van der Waals surface area (Å²) in [6.07, 6.45) is 2.40. The number of hydrogen-bond donors (Lipinski definition) is 2. The van der Waals surface area contributed by atoms with E-state index in [1.54, 1.807) is 11.3 Å². The Morgan fingerprint density at radius 3 is 2.52 bits per heavy atom. The largest absolute Gasteiger partial charge is 0.379 e. The van der Waals surface area contributed by atoms with E-state index in [-0.39, 0.29) is 0 Å². The Morgan fingerprint density at radius 2 is 1.96 bits per heavy atom. The van der Waals surface area contributed by atoms with Crippen LogP contribution in [0, 0.1) is 5.92 Å². The molecule has 6 nitrogen and oxygen atoms in total. The van der Waals surface area contributed by atoms with Gasteiger partial charge in [0, 0.05) is 38.1 Å². The molecule has 0 radical (unpaired) electrons. The number of thiazole rings is 1. The van der Waals surface area contributed by atoms with E-state index in [4.69, 9.17) is 9.72 Å². The van der Waals surface area contributed by atoms with Crippen LogP contribution in [0.15, 0.2) is 10.4 Å². The van der Waals surface area contributed by atoms with Gasteiger partial charge in [-0.1, -0.05) is 40.5 Å². The monoisotopic (exact) mass is 395 g/mol. The molecule has 154 valence electrons. The normalized spacial score (nSPS) is 17.5. The molecule has 2 N–H and O–H groups in total. The van der Waals surface area contributed by atoms with Gasteiger partial charge in [-0.2, -0.15) is 0 Å². The minimum absolute atomic E-state index is 0.474. The molecule has 0 bridgehead atoms. The lowest BCUT2D eigenvalue weighted by Crippen LogP contribution is -2.53. The maximum atomic E-state index is 5.55. The number of ether oxygens (including phenoxy) is 1. The highest BCUT2D eigenvalue weighted by atomic mass is 32.1. The quantitative estimate of drug-likeness (QED) is 0.497. The van der Waals surface area contributed by atoms with Crippen LogP contribution in [-0.2, 0) is 11.3 Å². The van der Waals surface area contributed by atoms with Crippen molar-refractivity contribution in [3.05, 3.63) is 16.1 Å². The average Bonchev–Trinajstić information content (AvgIpc) is 3.17. The number of aliphatic imine (C=N–C) groups is 1. The molecule has 1 aliphatic heterocycles. The molecule has 0 amide bonds. The second kappa shape index (κ2) is 11.6. The van der Waals surface area contributed by atoms with Crippen LogP contribution >= 0.6 is 11.3 Å². The molecular weight excluding hydrogens is 358 g/mol. The van der Waals surface area contributed by atoms with Crippen molar-refractivity contribution in [1.29, 1.82) is 0 Å². The fourth-order valence-corrected chi connectivity index (χ4v) is 4.48. The molecule has 1 atom stereocenters. The van der Waals surface area contributed by atoms with Crippen molar-refractivity contribution in [3.63, 3.8) is 0 Å². The molecule has 7 heteroatoms. The van der Waals surface area contributed by atoms with Gasteiger partial charge in [0.25, 0.3) is 0 Å². The summed E-state index contributed by atoms with van der Waals surface area (Å²) in [6, 6.07) is 0.509. The summed E-state index contributed by atoms with van der Waals surface area (Å²) in [5.41, 5.74) is 1.17. The number of guanidine groups is 1. The van der Waals surface area contributed by atoms with Crippen molar-refractivity contribution in [2.45, 2.75) is 59.0 Å². The summed E-state index contributed by atoms with van der Waals surface area (Å²) >= 11 is 1.71. The Bertz CT molecular complexity index is 564. The fourth-order valence-electron chi connectivity index (χ4n) is 3.59. The van der Waals surface area contributed by atoms with E-state index in [1.165, 1.54) is 18.5 Å². The topological polar surface area (TPSA) is 61.8 Å². The first-order valence-electron chi connectivity index (χ1n) is 10.3. The van der Waals surface area contributed by atoms with Crippen LogP contribution in [-0.4, -0.2) is 61.8 Å². The summed E-state index contributed by atoms with van der Waals surface area (Å²) < 4.78 is 5.55. The minimum atomic E-state index is 0.474. The van der Waals surface area contributed by atoms with Crippen molar-refractivity contribution >= 4 is 17.3 Å². The molecule has 2 heterocycles. The zero-order valence-corrected chi connectivity index (χ0v) is 18.4. The second-order valence-corrected chi connectivity index (χ2v) is 8.36. The van der Waals surface area contributed by atoms with E-state index < -0.39 is 0 Å². The highest BCUT2D eigenvalue weighted by Crippen LogP contribution is 2.20. The van der Waals surface area contributed by atoms with Gasteiger partial charge in [0.05, 0.1) is 25.5 Å². The van der Waals surface area contributed by atoms with Gasteiger partial charge in [0.1, 0.15) is 5.01 Å². The molecule has 0 aliphatic carbocycles. The lowest BCUT2D eigenvalue weighted by atomic mass is 9.92. The maximum absolute atomic E-state index is 5.55. The van der Waals surface area contributed by atoms with Crippen LogP contribution in [0.1, 0.15) is 57.2 Å². The SMILES string of the molecule is CCC(CC)C(CNC(=NC)NCc1nc(C(C)C)cs1)N1CCOCC1. The van der Waals surface area contributed by atoms with Crippen molar-refractivity contribution < 1.29 is 4.74 Å². The van der Waals surface area contributed by atoms with Gasteiger partial charge in [-0.3, -0.25) is 9.89 Å². The van der Waals surface area contributed by atoms with Crippen LogP contribution in [0.3, 0.4) is 0 Å². The van der Waals surface area contributed by atoms with E-state index in [0.29, 0.717) is 24.4 Å². The molecule has 1 aromatic heterocycles. The lowest BCUT2D eigenvalue weighted by molar-refractivity contribution is 0.00272. The molecular formula is C20H37N5OS. The molecule has 0 spiro atoms. The van der Waals surface area contributed by atoms with Crippen LogP contribution in [0.5, 0.6) is 0 Å². The van der Waals surface area contributed by atoms with Gasteiger partial charge in [-0.25, -0.2) is 4.98 Å². The highest BCUT2D eigenvalue weighted by molar-refractivity contribution is 7.09. The molecule has 0 aromatic carbocycles. The molecule has 1 aromatic rings. The summed E-state index contributed by atoms with van der Waals surface area (Å²) in [4.78, 5) is 11.7. The molecule has 0 saturated carbocycles. The first-order valence-corrected chi connectivity index (χ1v) is 11.2. The third-order valence-corrected chi connectivity index (χ3v) is 6.24. The Morgan fingerprint density at radius 1 is 1.26 bits per heavy atom. The lowest BCUT2D eigenvalue weighted by Gasteiger charge is -2.39. The van der Waals surface area contributed by atoms with Gasteiger partial charge in [0.15, 0.2) is 5.96 Å². The van der Waals surface area contributed by atoms with Gasteiger partial charge in [0.2, 0.25) is 0 Å². The Hall–Kier alpha value is -1.18. The number of nitrogens with zero attached hydrogens (tertiary/aromatic N) is 3. The van der Waals surface area contributed by atoms with E-state index in [0.717, 1.165) is 43.8 Å². The number of morpholine rings is 1. The number of rotatable bonds is 9. The maximum Gasteiger partial charge on any atom is 0.191 e. The highest BCUT2D eigenvalue weighted by Gasteiger charge is 2.27. The van der Waals surface area contributed by atoms with E-state index in [1.807, 2.05) is 7.05 Å². The van der Waals surface area contributed by atoms with Gasteiger partial charge < -0.3 is 15.4 Å². The number of nitrogens with one attached hydrogen (secondary N) is 2. The van der Waals surface area contributed by atoms with Gasteiger partial charge in [-0.15, -0.1) is 11.3 Å². The third kappa shape index (κ3) is 6.73. The standard InChI is InChI=1S/C20H37N5OS/c1-6-16(7-2)18(25-8-10-26-11-9-25)12-22-20(21-5)23-13-19-24-17(14-27-19)15(3)4/h14-16,18H,6-13H2,1-5H3,(H2,21,22,23). The zero-order chi connectivity index (χ0) is 19.6. The van der Waals surface area contributed by atoms with Crippen LogP contribution in [0.2, 0.25) is 0 Å². The third-order valence-electron chi connectivity index (χ3n) is 5.38. The Balaban J connectivity index is 1.90. The van der Waals surface area contributed by atoms with E-state index >= 15 is 0 Å². The zero-order valence-electron chi connectivity index (χ0n) is 17.6. The predicted molar refractivity (Wildman–Crippen MR) is 115 cm³/mol. The molecule has 1 fully saturated rings. The molecule has 1 aliphatic rings. The molecule has 2 rings (SSSR count). The molecule has 1 unspecified atom stereocenters. The van der Waals surface area contributed by atoms with Crippen molar-refractivity contribution in [2.24, 2.45) is 10.9 Å². The first-order chi connectivity index (χ1) is 13.1. The van der Waals surface area contributed by atoms with Crippen molar-refractivity contribution in [1.82, 2.24) is 20.5 Å². The van der Waals surface area contributed by atoms with Crippen molar-refractivity contribution in [3.8, 4) is 0 Å². The molecule has 27 heavy (non-hydrogen) atoms. The number of aromatic nitrogens is 1. The van der Waals surface area contributed by atoms with Crippen LogP contribution in [0.4, 0.5) is 0 Å². The Labute approximate surface area is 168 Å². The fraction of sp³-hybridized carbons (Fsp3) is 0.800. The van der Waals surface area contributed by atoms with Crippen LogP contribution < -0.4 is 10.6 Å². The minimum Gasteiger partial charge on any atom is -0.379 e. The Kier molecular flexibility index (Phi) is 9.51. The average molecular weight is 396 g/mol. The summed E-state index contributed by atoms with van der Waals surface area (Å²) in [6.45, 7) is 14.3. The van der Waals surface area contributed by atoms with Gasteiger partial charge >= 0.3 is 0 Å². The summed E-state index contributed by atoms with van der Waals surface area (Å²) in [7, 11) is 1.83.